The van der Waals surface area contributed by atoms with Crippen molar-refractivity contribution >= 4 is 12.0 Å². The first-order valence-electron chi connectivity index (χ1n) is 7.53. The van der Waals surface area contributed by atoms with E-state index in [1.165, 1.54) is 22.3 Å². The first-order chi connectivity index (χ1) is 9.77. The number of allylic oxidation sites excluding steroid dienone is 2. The maximum absolute atomic E-state index is 12.4. The van der Waals surface area contributed by atoms with E-state index in [-0.39, 0.29) is 17.4 Å². The van der Waals surface area contributed by atoms with Gasteiger partial charge in [-0.1, -0.05) is 68.3 Å². The summed E-state index contributed by atoms with van der Waals surface area (Å²) >= 11 is 0. The molecule has 1 aromatic carbocycles. The Morgan fingerprint density at radius 1 is 1.14 bits per heavy atom. The molecule has 21 heavy (non-hydrogen) atoms. The van der Waals surface area contributed by atoms with Gasteiger partial charge in [-0.15, -0.1) is 0 Å². The summed E-state index contributed by atoms with van der Waals surface area (Å²) in [4.78, 5) is 12.4. The third-order valence-electron chi connectivity index (χ3n) is 3.74. The van der Waals surface area contributed by atoms with Gasteiger partial charge in [-0.2, -0.15) is 0 Å². The Labute approximate surface area is 128 Å². The fraction of sp³-hybridized carbons (Fsp3) is 0.421. The fourth-order valence-corrected chi connectivity index (χ4v) is 2.63. The van der Waals surface area contributed by atoms with Crippen LogP contribution in [-0.4, -0.2) is 5.91 Å². The molecule has 0 aliphatic heterocycles. The van der Waals surface area contributed by atoms with Crippen LogP contribution in [0.2, 0.25) is 0 Å². The summed E-state index contributed by atoms with van der Waals surface area (Å²) in [5.74, 6) is 0.0939. The zero-order chi connectivity index (χ0) is 15.6. The lowest BCUT2D eigenvalue weighted by molar-refractivity contribution is -0.129. The Balaban J connectivity index is 2.41. The lowest BCUT2D eigenvalue weighted by atomic mass is 9.89. The van der Waals surface area contributed by atoms with E-state index >= 15 is 0 Å². The largest absolute Gasteiger partial charge is 0.348 e. The van der Waals surface area contributed by atoms with Crippen molar-refractivity contribution < 1.29 is 4.79 Å². The summed E-state index contributed by atoms with van der Waals surface area (Å²) in [6.07, 6.45) is 5.24. The van der Waals surface area contributed by atoms with Crippen LogP contribution >= 0.6 is 0 Å². The summed E-state index contributed by atoms with van der Waals surface area (Å²) in [6, 6.07) is 8.35. The number of carbonyl (C=O) groups excluding carboxylic acids is 1. The molecular formula is C19H25NO. The van der Waals surface area contributed by atoms with E-state index in [1.807, 2.05) is 32.9 Å². The van der Waals surface area contributed by atoms with Gasteiger partial charge < -0.3 is 5.32 Å². The molecule has 112 valence electrons. The van der Waals surface area contributed by atoms with E-state index in [9.17, 15) is 4.79 Å². The minimum Gasteiger partial charge on any atom is -0.348 e. The number of carbonyl (C=O) groups is 1. The molecule has 1 unspecified atom stereocenters. The highest BCUT2D eigenvalue weighted by Crippen LogP contribution is 2.30. The van der Waals surface area contributed by atoms with Crippen LogP contribution in [0.3, 0.4) is 0 Å². The quantitative estimate of drug-likeness (QED) is 0.799. The Bertz CT molecular complexity index is 602. The highest BCUT2D eigenvalue weighted by atomic mass is 16.2. The van der Waals surface area contributed by atoms with E-state index in [0.717, 1.165) is 6.42 Å². The van der Waals surface area contributed by atoms with Gasteiger partial charge in [0.25, 0.3) is 0 Å². The molecule has 0 spiro atoms. The van der Waals surface area contributed by atoms with Crippen molar-refractivity contribution in [2.45, 2.75) is 47.1 Å². The average Bonchev–Trinajstić information content (AvgIpc) is 2.35. The number of rotatable bonds is 1. The summed E-state index contributed by atoms with van der Waals surface area (Å²) in [7, 11) is 0. The molecule has 2 heteroatoms. The van der Waals surface area contributed by atoms with Crippen LogP contribution in [-0.2, 0) is 4.79 Å². The first-order valence-corrected chi connectivity index (χ1v) is 7.53. The number of nitrogens with one attached hydrogen (secondary N) is 1. The van der Waals surface area contributed by atoms with Crippen LogP contribution in [0.5, 0.6) is 0 Å². The van der Waals surface area contributed by atoms with Gasteiger partial charge in [0.2, 0.25) is 5.91 Å². The zero-order valence-electron chi connectivity index (χ0n) is 13.7. The van der Waals surface area contributed by atoms with Crippen LogP contribution in [0.25, 0.3) is 6.08 Å². The van der Waals surface area contributed by atoms with E-state index in [1.54, 1.807) is 0 Å². The van der Waals surface area contributed by atoms with Gasteiger partial charge in [0.1, 0.15) is 0 Å². The van der Waals surface area contributed by atoms with Crippen LogP contribution in [0.1, 0.15) is 58.2 Å². The molecule has 1 aromatic rings. The Kier molecular flexibility index (Phi) is 4.36. The summed E-state index contributed by atoms with van der Waals surface area (Å²) in [5, 5.41) is 3.22. The van der Waals surface area contributed by atoms with Crippen molar-refractivity contribution in [3.05, 3.63) is 52.6 Å². The minimum atomic E-state index is -0.374. The smallest absolute Gasteiger partial charge is 0.225 e. The van der Waals surface area contributed by atoms with E-state index in [0.29, 0.717) is 0 Å². The molecule has 0 saturated carbocycles. The van der Waals surface area contributed by atoms with Crippen molar-refractivity contribution in [2.24, 2.45) is 5.41 Å². The van der Waals surface area contributed by atoms with Gasteiger partial charge in [0.05, 0.1) is 6.04 Å². The zero-order valence-corrected chi connectivity index (χ0v) is 13.7. The van der Waals surface area contributed by atoms with Gasteiger partial charge in [0.15, 0.2) is 0 Å². The number of amides is 1. The second-order valence-corrected chi connectivity index (χ2v) is 6.99. The molecule has 0 bridgehead atoms. The Morgan fingerprint density at radius 2 is 1.81 bits per heavy atom. The second kappa shape index (κ2) is 5.88. The highest BCUT2D eigenvalue weighted by Gasteiger charge is 2.26. The number of fused-ring (bicyclic) bond motifs is 1. The number of hydrogen-bond donors (Lipinski definition) is 1. The van der Waals surface area contributed by atoms with Crippen molar-refractivity contribution in [3.63, 3.8) is 0 Å². The van der Waals surface area contributed by atoms with E-state index in [4.69, 9.17) is 0 Å². The molecule has 0 radical (unpaired) electrons. The minimum absolute atomic E-state index is 0.0357. The van der Waals surface area contributed by atoms with Gasteiger partial charge in [-0.25, -0.2) is 0 Å². The van der Waals surface area contributed by atoms with Gasteiger partial charge in [0, 0.05) is 5.41 Å². The first kappa shape index (κ1) is 15.6. The normalized spacial score (nSPS) is 23.8. The SMILES string of the molecule is CC1=C/c2ccccc2C(NC(=O)C(C)(C)C)C/C(C)=C\1. The standard InChI is InChI=1S/C19H25NO/c1-13-10-14(2)12-17(20-18(21)19(3,4)5)16-9-7-6-8-15(16)11-13/h6-11,17H,12H2,1-5H3,(H,20,21)/b13-11-,14-10-. The lowest BCUT2D eigenvalue weighted by Crippen LogP contribution is -2.37. The highest BCUT2D eigenvalue weighted by molar-refractivity contribution is 5.82. The number of hydrogen-bond acceptors (Lipinski definition) is 1. The lowest BCUT2D eigenvalue weighted by Gasteiger charge is -2.27. The van der Waals surface area contributed by atoms with Crippen LogP contribution in [0.4, 0.5) is 0 Å². The molecular weight excluding hydrogens is 258 g/mol. The van der Waals surface area contributed by atoms with Crippen molar-refractivity contribution in [1.29, 1.82) is 0 Å². The van der Waals surface area contributed by atoms with Gasteiger partial charge in [-0.3, -0.25) is 4.79 Å². The van der Waals surface area contributed by atoms with E-state index < -0.39 is 0 Å². The van der Waals surface area contributed by atoms with E-state index in [2.05, 4.69) is 43.4 Å². The van der Waals surface area contributed by atoms with Crippen LogP contribution in [0, 0.1) is 5.41 Å². The third-order valence-corrected chi connectivity index (χ3v) is 3.74. The van der Waals surface area contributed by atoms with Crippen LogP contribution < -0.4 is 5.32 Å². The van der Waals surface area contributed by atoms with Crippen molar-refractivity contribution in [3.8, 4) is 0 Å². The second-order valence-electron chi connectivity index (χ2n) is 6.99. The van der Waals surface area contributed by atoms with Crippen LogP contribution in [0.15, 0.2) is 41.5 Å². The van der Waals surface area contributed by atoms with Crippen molar-refractivity contribution in [2.75, 3.05) is 0 Å². The molecule has 1 aliphatic carbocycles. The molecule has 2 nitrogen and oxygen atoms in total. The molecule has 1 aliphatic rings. The monoisotopic (exact) mass is 283 g/mol. The molecule has 1 amide bonds. The molecule has 0 fully saturated rings. The molecule has 0 aromatic heterocycles. The Hall–Kier alpha value is -1.83. The predicted molar refractivity (Wildman–Crippen MR) is 88.8 cm³/mol. The third kappa shape index (κ3) is 3.84. The van der Waals surface area contributed by atoms with Crippen molar-refractivity contribution in [1.82, 2.24) is 5.32 Å². The number of benzene rings is 1. The topological polar surface area (TPSA) is 29.1 Å². The Morgan fingerprint density at radius 3 is 2.48 bits per heavy atom. The summed E-state index contributed by atoms with van der Waals surface area (Å²) < 4.78 is 0. The summed E-state index contributed by atoms with van der Waals surface area (Å²) in [6.45, 7) is 10.1. The molecule has 1 N–H and O–H groups in total. The molecule has 0 saturated heterocycles. The molecule has 1 atom stereocenters. The molecule has 2 rings (SSSR count). The van der Waals surface area contributed by atoms with Gasteiger partial charge in [-0.05, 0) is 31.4 Å². The van der Waals surface area contributed by atoms with Gasteiger partial charge >= 0.3 is 0 Å². The maximum atomic E-state index is 12.4. The predicted octanol–water partition coefficient (Wildman–Crippen LogP) is 4.64. The summed E-state index contributed by atoms with van der Waals surface area (Å²) in [5.41, 5.74) is 4.55. The molecule has 0 heterocycles. The fourth-order valence-electron chi connectivity index (χ4n) is 2.63. The average molecular weight is 283 g/mol. The maximum Gasteiger partial charge on any atom is 0.225 e.